The summed E-state index contributed by atoms with van der Waals surface area (Å²) in [4.78, 5) is 17.2. The van der Waals surface area contributed by atoms with Crippen LogP contribution in [-0.2, 0) is 0 Å². The number of aromatic amines is 1. The maximum absolute atomic E-state index is 12.5. The van der Waals surface area contributed by atoms with Crippen molar-refractivity contribution in [3.8, 4) is 17.0 Å². The number of carbonyl (C=O) groups excluding carboxylic acids is 1. The van der Waals surface area contributed by atoms with E-state index in [-0.39, 0.29) is 12.0 Å². The summed E-state index contributed by atoms with van der Waals surface area (Å²) < 4.78 is 5.63. The lowest BCUT2D eigenvalue weighted by atomic mass is 10.1. The molecule has 0 unspecified atom stereocenters. The Labute approximate surface area is 187 Å². The second-order valence-corrected chi connectivity index (χ2v) is 8.64. The summed E-state index contributed by atoms with van der Waals surface area (Å²) in [5.41, 5.74) is 4.04. The van der Waals surface area contributed by atoms with E-state index in [1.807, 2.05) is 50.2 Å². The first-order chi connectivity index (χ1) is 15.1. The zero-order valence-electron chi connectivity index (χ0n) is 17.7. The number of hydrogen-bond donors (Lipinski definition) is 2. The van der Waals surface area contributed by atoms with Crippen molar-refractivity contribution in [1.29, 1.82) is 0 Å². The maximum Gasteiger partial charge on any atom is 0.251 e. The van der Waals surface area contributed by atoms with E-state index in [1.54, 1.807) is 23.9 Å². The fraction of sp³-hybridized carbons (Fsp3) is 0.192. The monoisotopic (exact) mass is 430 g/mol. The van der Waals surface area contributed by atoms with Gasteiger partial charge in [0.1, 0.15) is 5.75 Å². The van der Waals surface area contributed by atoms with Crippen LogP contribution in [0.1, 0.15) is 24.2 Å². The Morgan fingerprint density at radius 1 is 0.968 bits per heavy atom. The van der Waals surface area contributed by atoms with Gasteiger partial charge in [0, 0.05) is 33.7 Å². The molecule has 0 bridgehead atoms. The van der Waals surface area contributed by atoms with Gasteiger partial charge < -0.3 is 15.0 Å². The highest BCUT2D eigenvalue weighted by Crippen LogP contribution is 2.37. The quantitative estimate of drug-likeness (QED) is 0.261. The number of thioether (sulfide) groups is 1. The second-order valence-electron chi connectivity index (χ2n) is 7.54. The van der Waals surface area contributed by atoms with Crippen LogP contribution in [-0.4, -0.2) is 29.3 Å². The molecule has 0 aliphatic heterocycles. The number of carbonyl (C=O) groups is 1. The van der Waals surface area contributed by atoms with Crippen LogP contribution in [0.25, 0.3) is 22.2 Å². The predicted octanol–water partition coefficient (Wildman–Crippen LogP) is 6.14. The number of benzene rings is 3. The number of fused-ring (bicyclic) bond motifs is 1. The van der Waals surface area contributed by atoms with Gasteiger partial charge in [-0.15, -0.1) is 11.8 Å². The first kappa shape index (κ1) is 21.1. The topological polar surface area (TPSA) is 54.1 Å². The highest BCUT2D eigenvalue weighted by atomic mass is 32.2. The largest absolute Gasteiger partial charge is 0.491 e. The van der Waals surface area contributed by atoms with Crippen LogP contribution in [0.2, 0.25) is 0 Å². The van der Waals surface area contributed by atoms with E-state index in [4.69, 9.17) is 4.74 Å². The highest BCUT2D eigenvalue weighted by Gasteiger charge is 2.13. The molecule has 0 aliphatic rings. The minimum atomic E-state index is -0.0705. The third kappa shape index (κ3) is 5.12. The van der Waals surface area contributed by atoms with E-state index in [9.17, 15) is 4.79 Å². The molecule has 0 saturated heterocycles. The maximum atomic E-state index is 12.5. The van der Waals surface area contributed by atoms with E-state index >= 15 is 0 Å². The molecule has 0 saturated carbocycles. The molecular formula is C26H26N2O2S. The molecule has 4 aromatic rings. The molecule has 0 radical (unpaired) electrons. The zero-order valence-corrected chi connectivity index (χ0v) is 18.5. The smallest absolute Gasteiger partial charge is 0.251 e. The zero-order chi connectivity index (χ0) is 21.6. The van der Waals surface area contributed by atoms with Gasteiger partial charge in [-0.2, -0.15) is 0 Å². The fourth-order valence-electron chi connectivity index (χ4n) is 3.45. The van der Waals surface area contributed by atoms with Crippen molar-refractivity contribution in [3.63, 3.8) is 0 Å². The third-order valence-corrected chi connectivity index (χ3v) is 5.96. The number of hydrogen-bond acceptors (Lipinski definition) is 3. The summed E-state index contributed by atoms with van der Waals surface area (Å²) in [5, 5.41) is 4.23. The van der Waals surface area contributed by atoms with Gasteiger partial charge in [0.05, 0.1) is 11.8 Å². The number of rotatable bonds is 8. The van der Waals surface area contributed by atoms with Crippen molar-refractivity contribution in [2.24, 2.45) is 0 Å². The van der Waals surface area contributed by atoms with Gasteiger partial charge in [0.15, 0.2) is 0 Å². The van der Waals surface area contributed by atoms with Gasteiger partial charge in [0.2, 0.25) is 0 Å². The molecule has 158 valence electrons. The van der Waals surface area contributed by atoms with Gasteiger partial charge in [-0.25, -0.2) is 0 Å². The summed E-state index contributed by atoms with van der Waals surface area (Å²) in [6.45, 7) is 4.55. The van der Waals surface area contributed by atoms with Crippen LogP contribution in [0.4, 0.5) is 0 Å². The van der Waals surface area contributed by atoms with Crippen LogP contribution in [0, 0.1) is 0 Å². The standard InChI is InChI=1S/C26H26N2O2S/c1-18(2)30-21-14-12-20(13-15-21)26(29)27-16-17-31-25-22-10-6-7-11-23(22)28-24(25)19-8-4-3-5-9-19/h3-15,18,28H,16-17H2,1-2H3,(H,27,29). The van der Waals surface area contributed by atoms with Crippen molar-refractivity contribution in [2.75, 3.05) is 12.3 Å². The molecule has 1 amide bonds. The van der Waals surface area contributed by atoms with E-state index in [0.717, 1.165) is 28.3 Å². The molecule has 1 heterocycles. The van der Waals surface area contributed by atoms with Crippen LogP contribution in [0.15, 0.2) is 83.8 Å². The Morgan fingerprint density at radius 2 is 1.68 bits per heavy atom. The lowest BCUT2D eigenvalue weighted by molar-refractivity contribution is 0.0956. The lowest BCUT2D eigenvalue weighted by Crippen LogP contribution is -2.25. The molecule has 3 aromatic carbocycles. The second kappa shape index (κ2) is 9.75. The van der Waals surface area contributed by atoms with Crippen LogP contribution < -0.4 is 10.1 Å². The Hall–Kier alpha value is -3.18. The molecule has 4 rings (SSSR count). The molecule has 5 heteroatoms. The van der Waals surface area contributed by atoms with Gasteiger partial charge in [-0.3, -0.25) is 4.79 Å². The molecule has 2 N–H and O–H groups in total. The summed E-state index contributed by atoms with van der Waals surface area (Å²) in [5.74, 6) is 1.48. The average molecular weight is 431 g/mol. The SMILES string of the molecule is CC(C)Oc1ccc(C(=O)NCCSc2c(-c3ccccc3)[nH]c3ccccc23)cc1. The number of ether oxygens (including phenoxy) is 1. The van der Waals surface area contributed by atoms with Crippen molar-refractivity contribution in [2.45, 2.75) is 24.8 Å². The first-order valence-corrected chi connectivity index (χ1v) is 11.4. The molecule has 0 aliphatic carbocycles. The Bertz CT molecular complexity index is 1150. The van der Waals surface area contributed by atoms with E-state index in [2.05, 4.69) is 40.6 Å². The Kier molecular flexibility index (Phi) is 6.63. The van der Waals surface area contributed by atoms with Crippen molar-refractivity contribution in [1.82, 2.24) is 10.3 Å². The van der Waals surface area contributed by atoms with E-state index in [1.165, 1.54) is 10.3 Å². The molecule has 0 fully saturated rings. The first-order valence-electron chi connectivity index (χ1n) is 10.5. The normalized spacial score (nSPS) is 11.1. The Balaban J connectivity index is 1.40. The number of aromatic nitrogens is 1. The summed E-state index contributed by atoms with van der Waals surface area (Å²) >= 11 is 1.76. The number of amides is 1. The summed E-state index contributed by atoms with van der Waals surface area (Å²) in [6, 6.07) is 26.0. The van der Waals surface area contributed by atoms with Crippen molar-refractivity contribution < 1.29 is 9.53 Å². The minimum Gasteiger partial charge on any atom is -0.491 e. The lowest BCUT2D eigenvalue weighted by Gasteiger charge is -2.10. The summed E-state index contributed by atoms with van der Waals surface area (Å²) in [6.07, 6.45) is 0.113. The molecule has 1 aromatic heterocycles. The van der Waals surface area contributed by atoms with Gasteiger partial charge in [-0.1, -0.05) is 48.5 Å². The highest BCUT2D eigenvalue weighted by molar-refractivity contribution is 7.99. The fourth-order valence-corrected chi connectivity index (χ4v) is 4.51. The number of H-pyrrole nitrogens is 1. The van der Waals surface area contributed by atoms with Crippen molar-refractivity contribution >= 4 is 28.6 Å². The number of para-hydroxylation sites is 1. The van der Waals surface area contributed by atoms with Crippen LogP contribution in [0.3, 0.4) is 0 Å². The van der Waals surface area contributed by atoms with Gasteiger partial charge in [-0.05, 0) is 49.7 Å². The third-order valence-electron chi connectivity index (χ3n) is 4.84. The molecule has 31 heavy (non-hydrogen) atoms. The van der Waals surface area contributed by atoms with E-state index in [0.29, 0.717) is 12.1 Å². The average Bonchev–Trinajstić information content (AvgIpc) is 3.16. The number of nitrogens with one attached hydrogen (secondary N) is 2. The van der Waals surface area contributed by atoms with Crippen molar-refractivity contribution in [3.05, 3.63) is 84.4 Å². The summed E-state index contributed by atoms with van der Waals surface area (Å²) in [7, 11) is 0. The van der Waals surface area contributed by atoms with Crippen LogP contribution in [0.5, 0.6) is 5.75 Å². The predicted molar refractivity (Wildman–Crippen MR) is 129 cm³/mol. The van der Waals surface area contributed by atoms with Gasteiger partial charge >= 0.3 is 0 Å². The molecule has 0 spiro atoms. The Morgan fingerprint density at radius 3 is 2.42 bits per heavy atom. The van der Waals surface area contributed by atoms with Gasteiger partial charge in [0.25, 0.3) is 5.91 Å². The molecule has 4 nitrogen and oxygen atoms in total. The molecular weight excluding hydrogens is 404 g/mol. The molecule has 0 atom stereocenters. The minimum absolute atomic E-state index is 0.0705. The van der Waals surface area contributed by atoms with Crippen LogP contribution >= 0.6 is 11.8 Å². The van der Waals surface area contributed by atoms with E-state index < -0.39 is 0 Å².